The average molecular weight is 267 g/mol. The quantitative estimate of drug-likeness (QED) is 0.801. The fraction of sp³-hybridized carbons (Fsp3) is 0.364. The summed E-state index contributed by atoms with van der Waals surface area (Å²) in [6.07, 6.45) is 2.03. The summed E-state index contributed by atoms with van der Waals surface area (Å²) in [6.45, 7) is 1.64. The minimum Gasteiger partial charge on any atom is -0.443 e. The monoisotopic (exact) mass is 267 g/mol. The minimum absolute atomic E-state index is 0.387. The summed E-state index contributed by atoms with van der Waals surface area (Å²) in [5.74, 6) is 0. The van der Waals surface area contributed by atoms with Crippen LogP contribution < -0.4 is 4.72 Å². The first-order chi connectivity index (χ1) is 8.65. The van der Waals surface area contributed by atoms with Gasteiger partial charge in [0, 0.05) is 19.6 Å². The standard InChI is InChI=1S/C11H13N3O3S/c15-18(16,14-5-6-14)13-4-3-9-1-2-10-11(7-9)17-8-12-10/h1-2,7-8,13H,3-6H2. The molecular weight excluding hydrogens is 254 g/mol. The van der Waals surface area contributed by atoms with Crippen molar-refractivity contribution in [1.29, 1.82) is 0 Å². The maximum atomic E-state index is 11.5. The van der Waals surface area contributed by atoms with E-state index in [1.165, 1.54) is 10.7 Å². The number of hydrogen-bond acceptors (Lipinski definition) is 4. The van der Waals surface area contributed by atoms with E-state index in [1.807, 2.05) is 18.2 Å². The van der Waals surface area contributed by atoms with Crippen molar-refractivity contribution in [3.63, 3.8) is 0 Å². The number of nitrogens with zero attached hydrogens (tertiary/aromatic N) is 2. The third kappa shape index (κ3) is 2.38. The molecule has 1 aromatic heterocycles. The summed E-state index contributed by atoms with van der Waals surface area (Å²) in [7, 11) is -3.24. The van der Waals surface area contributed by atoms with Crippen molar-refractivity contribution < 1.29 is 12.8 Å². The van der Waals surface area contributed by atoms with Crippen molar-refractivity contribution in [3.05, 3.63) is 30.2 Å². The topological polar surface area (TPSA) is 75.2 Å². The summed E-state index contributed by atoms with van der Waals surface area (Å²) in [5, 5.41) is 0. The van der Waals surface area contributed by atoms with Crippen molar-refractivity contribution in [3.8, 4) is 0 Å². The van der Waals surface area contributed by atoms with Gasteiger partial charge in [-0.25, -0.2) is 9.71 Å². The Kier molecular flexibility index (Phi) is 2.81. The fourth-order valence-corrected chi connectivity index (χ4v) is 2.86. The highest BCUT2D eigenvalue weighted by molar-refractivity contribution is 7.87. The Labute approximate surface area is 105 Å². The smallest absolute Gasteiger partial charge is 0.279 e. The van der Waals surface area contributed by atoms with Gasteiger partial charge in [0.2, 0.25) is 0 Å². The lowest BCUT2D eigenvalue weighted by Gasteiger charge is -2.06. The molecule has 0 bridgehead atoms. The van der Waals surface area contributed by atoms with Gasteiger partial charge in [-0.3, -0.25) is 0 Å². The molecule has 0 unspecified atom stereocenters. The van der Waals surface area contributed by atoms with Gasteiger partial charge in [0.1, 0.15) is 5.52 Å². The van der Waals surface area contributed by atoms with Gasteiger partial charge in [-0.1, -0.05) is 6.07 Å². The van der Waals surface area contributed by atoms with Crippen LogP contribution in [0, 0.1) is 0 Å². The second kappa shape index (κ2) is 4.34. The van der Waals surface area contributed by atoms with Gasteiger partial charge in [-0.05, 0) is 24.1 Å². The molecule has 2 heterocycles. The molecule has 1 aliphatic rings. The number of rotatable bonds is 5. The highest BCUT2D eigenvalue weighted by Crippen LogP contribution is 2.15. The van der Waals surface area contributed by atoms with Gasteiger partial charge in [-0.15, -0.1) is 0 Å². The van der Waals surface area contributed by atoms with Crippen molar-refractivity contribution in [1.82, 2.24) is 14.0 Å². The van der Waals surface area contributed by atoms with Gasteiger partial charge in [0.15, 0.2) is 12.0 Å². The van der Waals surface area contributed by atoms with E-state index in [4.69, 9.17) is 4.42 Å². The van der Waals surface area contributed by atoms with E-state index in [-0.39, 0.29) is 0 Å². The van der Waals surface area contributed by atoms with Crippen LogP contribution in [0.2, 0.25) is 0 Å². The lowest BCUT2D eigenvalue weighted by atomic mass is 10.1. The van der Waals surface area contributed by atoms with Crippen LogP contribution in [0.3, 0.4) is 0 Å². The van der Waals surface area contributed by atoms with E-state index in [1.54, 1.807) is 0 Å². The van der Waals surface area contributed by atoms with Crippen LogP contribution in [0.15, 0.2) is 29.0 Å². The minimum atomic E-state index is -3.24. The van der Waals surface area contributed by atoms with E-state index in [2.05, 4.69) is 9.71 Å². The first-order valence-corrected chi connectivity index (χ1v) is 7.16. The van der Waals surface area contributed by atoms with E-state index in [9.17, 15) is 8.42 Å². The SMILES string of the molecule is O=S(=O)(NCCc1ccc2ncoc2c1)N1CC1. The van der Waals surface area contributed by atoms with Crippen molar-refractivity contribution >= 4 is 21.3 Å². The molecule has 0 atom stereocenters. The maximum absolute atomic E-state index is 11.5. The van der Waals surface area contributed by atoms with Gasteiger partial charge in [-0.2, -0.15) is 12.7 Å². The Morgan fingerprint density at radius 3 is 3.00 bits per heavy atom. The van der Waals surface area contributed by atoms with Crippen LogP contribution in [0.4, 0.5) is 0 Å². The molecule has 1 aromatic carbocycles. The molecule has 1 aliphatic heterocycles. The van der Waals surface area contributed by atoms with Crippen LogP contribution in [0.5, 0.6) is 0 Å². The number of hydrogen-bond donors (Lipinski definition) is 1. The van der Waals surface area contributed by atoms with Crippen LogP contribution in [-0.2, 0) is 16.6 Å². The van der Waals surface area contributed by atoms with Gasteiger partial charge >= 0.3 is 0 Å². The summed E-state index contributed by atoms with van der Waals surface area (Å²) in [4.78, 5) is 4.03. The molecule has 0 spiro atoms. The third-order valence-electron chi connectivity index (χ3n) is 2.84. The number of benzene rings is 1. The van der Waals surface area contributed by atoms with Gasteiger partial charge in [0.25, 0.3) is 10.2 Å². The fourth-order valence-electron chi connectivity index (χ4n) is 1.75. The van der Waals surface area contributed by atoms with E-state index in [0.29, 0.717) is 26.1 Å². The zero-order valence-corrected chi connectivity index (χ0v) is 10.5. The molecule has 18 heavy (non-hydrogen) atoms. The second-order valence-corrected chi connectivity index (χ2v) is 5.96. The van der Waals surface area contributed by atoms with Crippen LogP contribution in [0.25, 0.3) is 11.1 Å². The number of nitrogens with one attached hydrogen (secondary N) is 1. The highest BCUT2D eigenvalue weighted by Gasteiger charge is 2.30. The molecule has 96 valence electrons. The Morgan fingerprint density at radius 1 is 1.39 bits per heavy atom. The molecule has 1 N–H and O–H groups in total. The Hall–Kier alpha value is -1.44. The molecule has 3 rings (SSSR count). The normalized spacial score (nSPS) is 16.2. The Morgan fingerprint density at radius 2 is 2.22 bits per heavy atom. The van der Waals surface area contributed by atoms with Crippen molar-refractivity contribution in [2.45, 2.75) is 6.42 Å². The maximum Gasteiger partial charge on any atom is 0.279 e. The van der Waals surface area contributed by atoms with Crippen LogP contribution in [-0.4, -0.2) is 37.3 Å². The molecule has 2 aromatic rings. The molecule has 0 amide bonds. The summed E-state index contributed by atoms with van der Waals surface area (Å²) in [5.41, 5.74) is 2.55. The molecular formula is C11H13N3O3S. The molecule has 0 radical (unpaired) electrons. The first-order valence-electron chi connectivity index (χ1n) is 5.72. The van der Waals surface area contributed by atoms with E-state index < -0.39 is 10.2 Å². The molecule has 7 heteroatoms. The van der Waals surface area contributed by atoms with Crippen molar-refractivity contribution in [2.75, 3.05) is 19.6 Å². The lowest BCUT2D eigenvalue weighted by Crippen LogP contribution is -2.31. The number of fused-ring (bicyclic) bond motifs is 1. The van der Waals surface area contributed by atoms with Crippen molar-refractivity contribution in [2.24, 2.45) is 0 Å². The Bertz CT molecular complexity index is 661. The molecule has 6 nitrogen and oxygen atoms in total. The molecule has 0 saturated carbocycles. The average Bonchev–Trinajstić information content (AvgIpc) is 3.09. The summed E-state index contributed by atoms with van der Waals surface area (Å²) >= 11 is 0. The number of aromatic nitrogens is 1. The zero-order valence-electron chi connectivity index (χ0n) is 9.67. The predicted octanol–water partition coefficient (Wildman–Crippen LogP) is 0.520. The first kappa shape index (κ1) is 11.6. The van der Waals surface area contributed by atoms with Gasteiger partial charge < -0.3 is 4.42 Å². The zero-order chi connectivity index (χ0) is 12.6. The summed E-state index contributed by atoms with van der Waals surface area (Å²) in [6, 6.07) is 5.68. The van der Waals surface area contributed by atoms with E-state index >= 15 is 0 Å². The second-order valence-electron chi connectivity index (χ2n) is 4.20. The lowest BCUT2D eigenvalue weighted by molar-refractivity contribution is 0.547. The van der Waals surface area contributed by atoms with E-state index in [0.717, 1.165) is 16.7 Å². The molecule has 1 saturated heterocycles. The summed E-state index contributed by atoms with van der Waals surface area (Å²) < 4.78 is 32.2. The van der Waals surface area contributed by atoms with Crippen LogP contribution >= 0.6 is 0 Å². The molecule has 0 aliphatic carbocycles. The van der Waals surface area contributed by atoms with Crippen LogP contribution in [0.1, 0.15) is 5.56 Å². The Balaban J connectivity index is 1.62. The predicted molar refractivity (Wildman–Crippen MR) is 66.2 cm³/mol. The number of oxazole rings is 1. The third-order valence-corrected chi connectivity index (χ3v) is 4.45. The largest absolute Gasteiger partial charge is 0.443 e. The van der Waals surface area contributed by atoms with Gasteiger partial charge in [0.05, 0.1) is 0 Å². The molecule has 1 fully saturated rings. The highest BCUT2D eigenvalue weighted by atomic mass is 32.2.